The Morgan fingerprint density at radius 2 is 1.66 bits per heavy atom. The zero-order chi connectivity index (χ0) is 51.9. The van der Waals surface area contributed by atoms with Crippen LogP contribution >= 0.6 is 35.2 Å². The molecule has 70 heavy (non-hydrogen) atoms. The maximum absolute atomic E-state index is 12.6. The number of nitrogens with two attached hydrogens (primary N) is 1. The minimum absolute atomic E-state index is 0.0276. The van der Waals surface area contributed by atoms with Crippen molar-refractivity contribution < 1.29 is 100 Å². The average molecular weight is 1080 g/mol. The number of nitrogens with zero attached hydrogens (tertiary/aromatic N) is 4. The second-order valence-electron chi connectivity index (χ2n) is 16.9. The third-order valence-electron chi connectivity index (χ3n) is 10.7. The Morgan fingerprint density at radius 3 is 2.37 bits per heavy atom. The number of unbranched alkanes of at least 4 members (excludes halogenated alkanes) is 6. The number of carbonyl (C=O) groups excluding carboxylic acids is 3. The normalized spacial score (nSPS) is 25.4. The fourth-order valence-electron chi connectivity index (χ4n) is 6.85. The van der Waals surface area contributed by atoms with Crippen LogP contribution in [0.3, 0.4) is 0 Å². The number of hydrogen-bond acceptors (Lipinski definition) is 26. The molecule has 2 fully saturated rings. The van der Waals surface area contributed by atoms with Gasteiger partial charge in [-0.1, -0.05) is 57.4 Å². The van der Waals surface area contributed by atoms with Crippen molar-refractivity contribution in [3.05, 3.63) is 24.8 Å². The van der Waals surface area contributed by atoms with Crippen molar-refractivity contribution in [2.75, 3.05) is 44.4 Å². The molecule has 0 spiro atoms. The molecule has 2 saturated heterocycles. The van der Waals surface area contributed by atoms with E-state index >= 15 is 0 Å². The molecule has 8 N–H and O–H groups in total. The standard InChI is InChI=1S/C38H64N7O21P3S/c1-23-24(46)18-25(47)37(63-23)60-16-11-9-7-5-4-6-8-10-12-28(49)70-17-15-40-27(48)13-14-41-35(52)32(51)38(2,3)20-62-69(58,59)66-68(56,57)61-19-26-31(65-67(53,54)55)30(50)36(64-26)45-22-44-29-33(39)42-21-43-34(29)45/h10,12,21-26,30-32,36-37,46-47,50-51H,4-9,11,13-20H2,1-3H3,(H,40,48)(H,41,52)(H,56,57)(H,58,59)(H2,39,42,43)(H2,53,54,55)/p-4/b12-10+/t23-,24+,25+,26+,30+,31+,32-,36+,37+/m0/s1. The van der Waals surface area contributed by atoms with Crippen molar-refractivity contribution in [3.63, 3.8) is 0 Å². The van der Waals surface area contributed by atoms with E-state index in [9.17, 15) is 68.1 Å². The number of aliphatic hydroxyl groups is 4. The highest BCUT2D eigenvalue weighted by molar-refractivity contribution is 8.14. The fourth-order valence-corrected chi connectivity index (χ4v) is 10.2. The Morgan fingerprint density at radius 1 is 0.971 bits per heavy atom. The third-order valence-corrected chi connectivity index (χ3v) is 14.6. The van der Waals surface area contributed by atoms with E-state index in [1.165, 1.54) is 19.9 Å². The summed E-state index contributed by atoms with van der Waals surface area (Å²) in [5, 5.41) is 45.9. The van der Waals surface area contributed by atoms with Gasteiger partial charge in [0.15, 0.2) is 24.0 Å². The monoisotopic (exact) mass is 1080 g/mol. The molecule has 0 bridgehead atoms. The molecule has 11 atom stereocenters. The molecule has 2 aromatic rings. The minimum atomic E-state index is -5.94. The number of fused-ring (bicyclic) bond motifs is 1. The number of anilines is 1. The summed E-state index contributed by atoms with van der Waals surface area (Å²) in [6.45, 7) is 2.20. The average Bonchev–Trinajstić information content (AvgIpc) is 3.84. The number of hydrogen-bond donors (Lipinski definition) is 7. The van der Waals surface area contributed by atoms with Crippen LogP contribution in [0.25, 0.3) is 11.2 Å². The summed E-state index contributed by atoms with van der Waals surface area (Å²) in [6, 6.07) is 0. The summed E-state index contributed by atoms with van der Waals surface area (Å²) in [6.07, 6.45) is -0.330. The highest BCUT2D eigenvalue weighted by Gasteiger charge is 2.47. The Kier molecular flexibility index (Phi) is 23.4. The summed E-state index contributed by atoms with van der Waals surface area (Å²) in [4.78, 5) is 96.8. The Labute approximate surface area is 406 Å². The molecule has 0 aromatic carbocycles. The van der Waals surface area contributed by atoms with Crippen LogP contribution in [0.5, 0.6) is 0 Å². The second-order valence-corrected chi connectivity index (χ2v) is 22.1. The van der Waals surface area contributed by atoms with E-state index in [2.05, 4.69) is 43.5 Å². The largest absolute Gasteiger partial charge is 0.790 e. The molecule has 32 heteroatoms. The number of carbonyl (C=O) groups is 3. The van der Waals surface area contributed by atoms with E-state index in [-0.39, 0.29) is 59.9 Å². The van der Waals surface area contributed by atoms with Crippen LogP contribution in [0.4, 0.5) is 5.82 Å². The van der Waals surface area contributed by atoms with Crippen molar-refractivity contribution in [2.45, 2.75) is 134 Å². The van der Waals surface area contributed by atoms with Crippen molar-refractivity contribution in [1.29, 1.82) is 0 Å². The first-order chi connectivity index (χ1) is 32.8. The third kappa shape index (κ3) is 19.5. The van der Waals surface area contributed by atoms with E-state index in [4.69, 9.17) is 19.9 Å². The number of imidazole rings is 1. The number of rotatable bonds is 30. The van der Waals surface area contributed by atoms with Crippen LogP contribution in [0.1, 0.15) is 84.8 Å². The van der Waals surface area contributed by atoms with Gasteiger partial charge < -0.3 is 88.7 Å². The smallest absolute Gasteiger partial charge is 0.274 e. The first-order valence-corrected chi connectivity index (χ1v) is 27.4. The van der Waals surface area contributed by atoms with Gasteiger partial charge in [0.05, 0.1) is 39.6 Å². The van der Waals surface area contributed by atoms with Crippen LogP contribution in [0, 0.1) is 5.41 Å². The highest BCUT2D eigenvalue weighted by Crippen LogP contribution is 2.56. The molecule has 4 rings (SSSR count). The van der Waals surface area contributed by atoms with Crippen LogP contribution in [0.2, 0.25) is 0 Å². The molecule has 2 aliphatic heterocycles. The highest BCUT2D eigenvalue weighted by atomic mass is 32.2. The fraction of sp³-hybridized carbons (Fsp3) is 0.737. The number of nitrogens with one attached hydrogen (secondary N) is 2. The van der Waals surface area contributed by atoms with Gasteiger partial charge in [-0.05, 0) is 32.3 Å². The molecule has 0 aliphatic carbocycles. The summed E-state index contributed by atoms with van der Waals surface area (Å²) < 4.78 is 71.9. The van der Waals surface area contributed by atoms with Crippen molar-refractivity contribution in [3.8, 4) is 0 Å². The first kappa shape index (κ1) is 59.7. The molecular weight excluding hydrogens is 1020 g/mol. The number of amides is 2. The van der Waals surface area contributed by atoms with Gasteiger partial charge in [0, 0.05) is 43.7 Å². The molecule has 2 aromatic heterocycles. The molecule has 0 radical (unpaired) electrons. The summed E-state index contributed by atoms with van der Waals surface area (Å²) in [7, 11) is -17.7. The maximum Gasteiger partial charge on any atom is 0.274 e. The van der Waals surface area contributed by atoms with E-state index in [0.29, 0.717) is 6.61 Å². The predicted molar refractivity (Wildman–Crippen MR) is 237 cm³/mol. The first-order valence-electron chi connectivity index (χ1n) is 22.1. The van der Waals surface area contributed by atoms with Gasteiger partial charge in [-0.3, -0.25) is 28.1 Å². The zero-order valence-electron chi connectivity index (χ0n) is 38.5. The van der Waals surface area contributed by atoms with E-state index < -0.39 is 103 Å². The second kappa shape index (κ2) is 27.4. The van der Waals surface area contributed by atoms with Gasteiger partial charge in [0.25, 0.3) is 15.6 Å². The molecule has 0 saturated carbocycles. The van der Waals surface area contributed by atoms with E-state index in [0.717, 1.165) is 73.9 Å². The number of aromatic nitrogens is 4. The number of allylic oxidation sites excluding steroid dienone is 1. The molecule has 2 amide bonds. The molecule has 4 heterocycles. The number of aliphatic hydroxyl groups excluding tert-OH is 4. The lowest BCUT2D eigenvalue weighted by Crippen LogP contribution is -2.47. The Bertz CT molecular complexity index is 2210. The zero-order valence-corrected chi connectivity index (χ0v) is 42.0. The topological polar surface area (TPSA) is 434 Å². The SMILES string of the molecule is C[C@@H]1O[C@@H](OCCCCCCCC/C=C/C(=O)SCCNC(=O)CCNC(=O)[C@H](O)C(C)(C)COP(=O)([O-])OP(=O)([O-])OC[C@H]2O[C@@H](n3cnc4c(N)ncnc43)[C@H](O)[C@@H]2OP(=O)([O-])[O-])[C@H](O)C[C@H]1O. The van der Waals surface area contributed by atoms with Crippen LogP contribution in [0.15, 0.2) is 24.8 Å². The number of nitrogen functional groups attached to an aromatic ring is 1. The Hall–Kier alpha value is -2.86. The number of phosphoric acid groups is 3. The molecule has 28 nitrogen and oxygen atoms in total. The van der Waals surface area contributed by atoms with Crippen molar-refractivity contribution in [1.82, 2.24) is 30.2 Å². The molecule has 398 valence electrons. The lowest BCUT2D eigenvalue weighted by atomic mass is 9.87. The molecular formula is C38H60N7O21P3S-4. The van der Waals surface area contributed by atoms with Crippen LogP contribution < -0.4 is 35.9 Å². The van der Waals surface area contributed by atoms with Crippen molar-refractivity contribution >= 4 is 69.1 Å². The summed E-state index contributed by atoms with van der Waals surface area (Å²) in [5.41, 5.74) is 4.05. The Balaban J connectivity index is 1.07. The summed E-state index contributed by atoms with van der Waals surface area (Å²) >= 11 is 1.01. The van der Waals surface area contributed by atoms with Gasteiger partial charge >= 0.3 is 0 Å². The van der Waals surface area contributed by atoms with Gasteiger partial charge in [0.1, 0.15) is 42.4 Å². The number of thioether (sulfide) groups is 1. The van der Waals surface area contributed by atoms with Crippen LogP contribution in [-0.4, -0.2) is 145 Å². The van der Waals surface area contributed by atoms with Crippen LogP contribution in [-0.2, 0) is 60.2 Å². The molecule has 2 unspecified atom stereocenters. The lowest BCUT2D eigenvalue weighted by molar-refractivity contribution is -0.347. The minimum Gasteiger partial charge on any atom is -0.790 e. The van der Waals surface area contributed by atoms with Gasteiger partial charge in [-0.15, -0.1) is 0 Å². The lowest BCUT2D eigenvalue weighted by Gasteiger charge is -2.36. The number of phosphoric ester groups is 3. The quantitative estimate of drug-likeness (QED) is 0.0260. The van der Waals surface area contributed by atoms with Gasteiger partial charge in [0.2, 0.25) is 16.9 Å². The number of ether oxygens (including phenoxy) is 3. The van der Waals surface area contributed by atoms with Gasteiger partial charge in [-0.25, -0.2) is 19.3 Å². The van der Waals surface area contributed by atoms with Gasteiger partial charge in [-0.2, -0.15) is 0 Å². The van der Waals surface area contributed by atoms with Crippen molar-refractivity contribution in [2.24, 2.45) is 5.41 Å². The van der Waals surface area contributed by atoms with E-state index in [1.54, 1.807) is 13.0 Å². The summed E-state index contributed by atoms with van der Waals surface area (Å²) in [5.74, 6) is -1.31. The van der Waals surface area contributed by atoms with E-state index in [1.807, 2.05) is 0 Å². The molecule has 2 aliphatic rings. The maximum atomic E-state index is 12.6. The predicted octanol–water partition coefficient (Wildman–Crippen LogP) is -1.70.